The molecule has 0 rings (SSSR count). The molecule has 5 nitrogen and oxygen atoms in total. The van der Waals surface area contributed by atoms with Crippen LogP contribution in [-0.4, -0.2) is 30.9 Å². The Morgan fingerprint density at radius 1 is 1.46 bits per heavy atom. The summed E-state index contributed by atoms with van der Waals surface area (Å²) in [6, 6.07) is -0.376. The van der Waals surface area contributed by atoms with Crippen LogP contribution in [0.3, 0.4) is 0 Å². The van der Waals surface area contributed by atoms with Crippen molar-refractivity contribution in [3.63, 3.8) is 0 Å². The van der Waals surface area contributed by atoms with Crippen LogP contribution in [0.25, 0.3) is 0 Å². The molecule has 0 aromatic carbocycles. The minimum Gasteiger partial charge on any atom is -0.369 e. The number of nitrogens with one attached hydrogen (secondary N) is 2. The molecule has 4 N–H and O–H groups in total. The highest BCUT2D eigenvalue weighted by Gasteiger charge is 2.11. The highest BCUT2D eigenvalue weighted by atomic mass is 16.2. The Morgan fingerprint density at radius 3 is 2.54 bits per heavy atom. The van der Waals surface area contributed by atoms with Crippen LogP contribution in [0, 0.1) is 0 Å². The van der Waals surface area contributed by atoms with Gasteiger partial charge in [0.05, 0.1) is 12.6 Å². The Morgan fingerprint density at radius 2 is 2.08 bits per heavy atom. The molecular weight excluding hydrogens is 170 g/mol. The van der Waals surface area contributed by atoms with Gasteiger partial charge in [-0.25, -0.2) is 0 Å². The number of primary amides is 1. The van der Waals surface area contributed by atoms with Gasteiger partial charge in [0.1, 0.15) is 0 Å². The van der Waals surface area contributed by atoms with E-state index in [0.29, 0.717) is 6.54 Å². The molecule has 2 amide bonds. The van der Waals surface area contributed by atoms with E-state index in [1.807, 2.05) is 6.92 Å². The molecule has 76 valence electrons. The van der Waals surface area contributed by atoms with E-state index in [2.05, 4.69) is 10.6 Å². The second-order valence-corrected chi connectivity index (χ2v) is 2.86. The van der Waals surface area contributed by atoms with Crippen molar-refractivity contribution < 1.29 is 9.59 Å². The van der Waals surface area contributed by atoms with E-state index >= 15 is 0 Å². The van der Waals surface area contributed by atoms with Crippen molar-refractivity contribution in [1.29, 1.82) is 0 Å². The zero-order chi connectivity index (χ0) is 10.3. The molecule has 0 aromatic rings. The summed E-state index contributed by atoms with van der Waals surface area (Å²) in [4.78, 5) is 21.6. The zero-order valence-electron chi connectivity index (χ0n) is 8.09. The molecule has 0 saturated carbocycles. The number of amides is 2. The molecule has 0 spiro atoms. The molecular formula is C8H17N3O2. The second kappa shape index (κ2) is 6.42. The lowest BCUT2D eigenvalue weighted by atomic mass is 10.3. The third kappa shape index (κ3) is 6.10. The molecule has 0 aliphatic heterocycles. The fraction of sp³-hybridized carbons (Fsp3) is 0.750. The molecule has 5 heteroatoms. The van der Waals surface area contributed by atoms with Crippen molar-refractivity contribution in [2.24, 2.45) is 5.73 Å². The van der Waals surface area contributed by atoms with Crippen LogP contribution in [0.15, 0.2) is 0 Å². The Hall–Kier alpha value is -1.10. The van der Waals surface area contributed by atoms with Crippen LogP contribution in [0.2, 0.25) is 0 Å². The van der Waals surface area contributed by atoms with Gasteiger partial charge in [0, 0.05) is 6.54 Å². The van der Waals surface area contributed by atoms with Crippen LogP contribution in [0.4, 0.5) is 0 Å². The largest absolute Gasteiger partial charge is 0.369 e. The predicted octanol–water partition coefficient (Wildman–Crippen LogP) is -1.02. The average molecular weight is 187 g/mol. The number of hydrogen-bond donors (Lipinski definition) is 3. The van der Waals surface area contributed by atoms with E-state index in [0.717, 1.165) is 6.42 Å². The van der Waals surface area contributed by atoms with Gasteiger partial charge in [-0.05, 0) is 13.3 Å². The lowest BCUT2D eigenvalue weighted by molar-refractivity contribution is -0.123. The molecule has 0 aromatic heterocycles. The maximum absolute atomic E-state index is 11.2. The smallest absolute Gasteiger partial charge is 0.236 e. The summed E-state index contributed by atoms with van der Waals surface area (Å²) in [5.74, 6) is -0.571. The maximum atomic E-state index is 11.2. The van der Waals surface area contributed by atoms with Crippen LogP contribution in [-0.2, 0) is 9.59 Å². The Balaban J connectivity index is 3.62. The van der Waals surface area contributed by atoms with Gasteiger partial charge in [0.15, 0.2) is 0 Å². The fourth-order valence-electron chi connectivity index (χ4n) is 0.748. The molecule has 1 unspecified atom stereocenters. The summed E-state index contributed by atoms with van der Waals surface area (Å²) in [6.07, 6.45) is 0.897. The second-order valence-electron chi connectivity index (χ2n) is 2.86. The van der Waals surface area contributed by atoms with Crippen molar-refractivity contribution >= 4 is 11.8 Å². The van der Waals surface area contributed by atoms with Gasteiger partial charge in [-0.1, -0.05) is 6.92 Å². The van der Waals surface area contributed by atoms with E-state index in [4.69, 9.17) is 5.73 Å². The molecule has 0 aliphatic carbocycles. The number of rotatable bonds is 6. The minimum absolute atomic E-state index is 0.0285. The van der Waals surface area contributed by atoms with Gasteiger partial charge in [-0.15, -0.1) is 0 Å². The van der Waals surface area contributed by atoms with Crippen LogP contribution >= 0.6 is 0 Å². The van der Waals surface area contributed by atoms with Crippen molar-refractivity contribution in [3.05, 3.63) is 0 Å². The van der Waals surface area contributed by atoms with E-state index in [-0.39, 0.29) is 18.5 Å². The van der Waals surface area contributed by atoms with E-state index < -0.39 is 5.91 Å². The molecule has 0 radical (unpaired) electrons. The average Bonchev–Trinajstić information content (AvgIpc) is 2.10. The summed E-state index contributed by atoms with van der Waals surface area (Å²) >= 11 is 0. The highest BCUT2D eigenvalue weighted by molar-refractivity contribution is 5.82. The minimum atomic E-state index is -0.463. The molecule has 0 bridgehead atoms. The van der Waals surface area contributed by atoms with Crippen LogP contribution in [0.5, 0.6) is 0 Å². The first-order valence-corrected chi connectivity index (χ1v) is 4.37. The van der Waals surface area contributed by atoms with Crippen molar-refractivity contribution in [3.8, 4) is 0 Å². The zero-order valence-corrected chi connectivity index (χ0v) is 8.09. The standard InChI is InChI=1S/C8H17N3O2/c1-3-4-10-8(13)6(2)11-5-7(9)12/h6,11H,3-5H2,1-2H3,(H2,9,12)(H,10,13). The van der Waals surface area contributed by atoms with Crippen molar-refractivity contribution in [1.82, 2.24) is 10.6 Å². The summed E-state index contributed by atoms with van der Waals surface area (Å²) in [5, 5.41) is 5.41. The summed E-state index contributed by atoms with van der Waals surface area (Å²) in [7, 11) is 0. The summed E-state index contributed by atoms with van der Waals surface area (Å²) < 4.78 is 0. The summed E-state index contributed by atoms with van der Waals surface area (Å²) in [5.41, 5.74) is 4.91. The number of nitrogens with two attached hydrogens (primary N) is 1. The number of carbonyl (C=O) groups is 2. The molecule has 0 fully saturated rings. The molecule has 0 aliphatic rings. The van der Waals surface area contributed by atoms with Crippen molar-refractivity contribution in [2.75, 3.05) is 13.1 Å². The van der Waals surface area contributed by atoms with Crippen LogP contribution in [0.1, 0.15) is 20.3 Å². The third-order valence-corrected chi connectivity index (χ3v) is 1.52. The van der Waals surface area contributed by atoms with Gasteiger partial charge < -0.3 is 11.1 Å². The normalized spacial score (nSPS) is 12.2. The lowest BCUT2D eigenvalue weighted by Gasteiger charge is -2.11. The topological polar surface area (TPSA) is 84.2 Å². The SMILES string of the molecule is CCCNC(=O)C(C)NCC(N)=O. The Labute approximate surface area is 78.1 Å². The van der Waals surface area contributed by atoms with Crippen LogP contribution < -0.4 is 16.4 Å². The molecule has 0 heterocycles. The number of hydrogen-bond acceptors (Lipinski definition) is 3. The first-order chi connectivity index (χ1) is 6.07. The maximum Gasteiger partial charge on any atom is 0.236 e. The van der Waals surface area contributed by atoms with Crippen molar-refractivity contribution in [2.45, 2.75) is 26.3 Å². The van der Waals surface area contributed by atoms with Gasteiger partial charge in [0.25, 0.3) is 0 Å². The van der Waals surface area contributed by atoms with Gasteiger partial charge >= 0.3 is 0 Å². The van der Waals surface area contributed by atoms with E-state index in [9.17, 15) is 9.59 Å². The third-order valence-electron chi connectivity index (χ3n) is 1.52. The highest BCUT2D eigenvalue weighted by Crippen LogP contribution is 1.81. The first-order valence-electron chi connectivity index (χ1n) is 4.37. The van der Waals surface area contributed by atoms with Gasteiger partial charge in [0.2, 0.25) is 11.8 Å². The van der Waals surface area contributed by atoms with Gasteiger partial charge in [-0.2, -0.15) is 0 Å². The molecule has 13 heavy (non-hydrogen) atoms. The quantitative estimate of drug-likeness (QED) is 0.497. The van der Waals surface area contributed by atoms with E-state index in [1.165, 1.54) is 0 Å². The first kappa shape index (κ1) is 11.9. The predicted molar refractivity (Wildman–Crippen MR) is 50.0 cm³/mol. The summed E-state index contributed by atoms with van der Waals surface area (Å²) in [6.45, 7) is 4.35. The monoisotopic (exact) mass is 187 g/mol. The Bertz CT molecular complexity index is 182. The Kier molecular flexibility index (Phi) is 5.88. The van der Waals surface area contributed by atoms with E-state index in [1.54, 1.807) is 6.92 Å². The number of carbonyl (C=O) groups excluding carboxylic acids is 2. The molecule has 1 atom stereocenters. The van der Waals surface area contributed by atoms with Gasteiger partial charge in [-0.3, -0.25) is 14.9 Å². The molecule has 0 saturated heterocycles. The fourth-order valence-corrected chi connectivity index (χ4v) is 0.748. The lowest BCUT2D eigenvalue weighted by Crippen LogP contribution is -2.45.